The minimum absolute atomic E-state index is 0.146. The number of hydrogen-bond donors (Lipinski definition) is 3. The first-order valence-corrected chi connectivity index (χ1v) is 9.64. The Morgan fingerprint density at radius 3 is 2.59 bits per heavy atom. The van der Waals surface area contributed by atoms with Crippen LogP contribution in [0.2, 0.25) is 0 Å². The van der Waals surface area contributed by atoms with Crippen molar-refractivity contribution in [2.24, 2.45) is 5.92 Å². The maximum Gasteiger partial charge on any atom is 0.409 e. The third-order valence-electron chi connectivity index (χ3n) is 4.75. The Morgan fingerprint density at radius 1 is 1.19 bits per heavy atom. The Morgan fingerprint density at radius 2 is 1.96 bits per heavy atom. The number of H-pyrrole nitrogens is 1. The van der Waals surface area contributed by atoms with Gasteiger partial charge in [-0.15, -0.1) is 0 Å². The van der Waals surface area contributed by atoms with E-state index in [1.807, 2.05) is 36.7 Å². The number of rotatable bonds is 6. The minimum atomic E-state index is -1.07. The summed E-state index contributed by atoms with van der Waals surface area (Å²) in [5.41, 5.74) is 3.42. The largest absolute Gasteiger partial charge is 0.465 e. The van der Waals surface area contributed by atoms with Gasteiger partial charge in [-0.2, -0.15) is 0 Å². The molecule has 0 aliphatic heterocycles. The van der Waals surface area contributed by atoms with Crippen LogP contribution in [0.1, 0.15) is 36.7 Å². The van der Waals surface area contributed by atoms with Crippen molar-refractivity contribution >= 4 is 27.7 Å². The smallest absolute Gasteiger partial charge is 0.409 e. The molecule has 0 radical (unpaired) electrons. The first-order chi connectivity index (χ1) is 13.1. The maximum atomic E-state index is 10.7. The van der Waals surface area contributed by atoms with E-state index in [-0.39, 0.29) is 5.92 Å². The Kier molecular flexibility index (Phi) is 4.94. The second kappa shape index (κ2) is 7.52. The summed E-state index contributed by atoms with van der Waals surface area (Å²) in [6, 6.07) is 11.3. The molecule has 3 aromatic rings. The van der Waals surface area contributed by atoms with E-state index in [1.165, 1.54) is 12.8 Å². The predicted molar refractivity (Wildman–Crippen MR) is 107 cm³/mol. The lowest BCUT2D eigenvalue weighted by Gasteiger charge is -2.14. The number of aromatic nitrogens is 3. The highest BCUT2D eigenvalue weighted by molar-refractivity contribution is 9.10. The molecule has 4 rings (SSSR count). The lowest BCUT2D eigenvalue weighted by Crippen LogP contribution is -2.07. The van der Waals surface area contributed by atoms with Crippen molar-refractivity contribution in [3.05, 3.63) is 64.8 Å². The SMILES string of the molecule is O=C(O)Nc1ccc(-c2cnc(C(CC3CC3)c3ccc(Br)cn3)[nH]2)cc1. The summed E-state index contributed by atoms with van der Waals surface area (Å²) in [5.74, 6) is 1.81. The van der Waals surface area contributed by atoms with Crippen molar-refractivity contribution in [1.29, 1.82) is 0 Å². The molecular weight excluding hydrogens is 408 g/mol. The molecule has 1 amide bonds. The van der Waals surface area contributed by atoms with Crippen LogP contribution in [0.5, 0.6) is 0 Å². The van der Waals surface area contributed by atoms with E-state index < -0.39 is 6.09 Å². The molecular formula is C20H19BrN4O2. The summed E-state index contributed by atoms with van der Waals surface area (Å²) in [7, 11) is 0. The van der Waals surface area contributed by atoms with Crippen molar-refractivity contribution < 1.29 is 9.90 Å². The van der Waals surface area contributed by atoms with Crippen molar-refractivity contribution in [2.45, 2.75) is 25.2 Å². The van der Waals surface area contributed by atoms with Gasteiger partial charge in [0.15, 0.2) is 0 Å². The number of carbonyl (C=O) groups is 1. The van der Waals surface area contributed by atoms with Crippen molar-refractivity contribution in [3.8, 4) is 11.3 Å². The van der Waals surface area contributed by atoms with Gasteiger partial charge in [0.25, 0.3) is 0 Å². The van der Waals surface area contributed by atoms with Crippen LogP contribution in [-0.2, 0) is 0 Å². The van der Waals surface area contributed by atoms with Gasteiger partial charge in [-0.3, -0.25) is 10.3 Å². The average molecular weight is 427 g/mol. The number of nitrogens with one attached hydrogen (secondary N) is 2. The van der Waals surface area contributed by atoms with E-state index in [9.17, 15) is 4.79 Å². The van der Waals surface area contributed by atoms with Crippen molar-refractivity contribution in [3.63, 3.8) is 0 Å². The standard InChI is InChI=1S/C20H19BrN4O2/c21-14-5-8-17(22-10-14)16(9-12-1-2-12)19-23-11-18(25-19)13-3-6-15(7-4-13)24-20(26)27/h3-8,10-12,16,24H,1-2,9H2,(H,23,25)(H,26,27). The summed E-state index contributed by atoms with van der Waals surface area (Å²) < 4.78 is 0.964. The van der Waals surface area contributed by atoms with Gasteiger partial charge in [-0.25, -0.2) is 9.78 Å². The number of pyridine rings is 1. The van der Waals surface area contributed by atoms with Crippen LogP contribution in [0.15, 0.2) is 53.3 Å². The number of benzene rings is 1. The summed E-state index contributed by atoms with van der Waals surface area (Å²) in [6.45, 7) is 0. The van der Waals surface area contributed by atoms with Crippen LogP contribution in [0.4, 0.5) is 10.5 Å². The van der Waals surface area contributed by atoms with Crippen LogP contribution < -0.4 is 5.32 Å². The van der Waals surface area contributed by atoms with Crippen molar-refractivity contribution in [1.82, 2.24) is 15.0 Å². The van der Waals surface area contributed by atoms with E-state index in [0.29, 0.717) is 5.69 Å². The zero-order valence-electron chi connectivity index (χ0n) is 14.5. The number of amides is 1. The Hall–Kier alpha value is -2.67. The summed E-state index contributed by atoms with van der Waals surface area (Å²) in [5, 5.41) is 11.1. The summed E-state index contributed by atoms with van der Waals surface area (Å²) >= 11 is 3.44. The van der Waals surface area contributed by atoms with E-state index in [1.54, 1.807) is 12.1 Å². The van der Waals surface area contributed by atoms with Crippen LogP contribution >= 0.6 is 15.9 Å². The highest BCUT2D eigenvalue weighted by Crippen LogP contribution is 2.40. The zero-order valence-corrected chi connectivity index (χ0v) is 16.1. The van der Waals surface area contributed by atoms with Gasteiger partial charge in [0, 0.05) is 16.4 Å². The van der Waals surface area contributed by atoms with E-state index in [4.69, 9.17) is 5.11 Å². The molecule has 1 aromatic carbocycles. The average Bonchev–Trinajstić information content (AvgIpc) is 3.35. The van der Waals surface area contributed by atoms with Crippen LogP contribution in [0.3, 0.4) is 0 Å². The molecule has 138 valence electrons. The fourth-order valence-electron chi connectivity index (χ4n) is 3.17. The van der Waals surface area contributed by atoms with Gasteiger partial charge < -0.3 is 10.1 Å². The third kappa shape index (κ3) is 4.36. The molecule has 2 aromatic heterocycles. The van der Waals surface area contributed by atoms with Gasteiger partial charge >= 0.3 is 6.09 Å². The number of nitrogens with zero attached hydrogens (tertiary/aromatic N) is 2. The number of hydrogen-bond acceptors (Lipinski definition) is 3. The summed E-state index contributed by atoms with van der Waals surface area (Å²) in [4.78, 5) is 23.4. The molecule has 0 saturated heterocycles. The molecule has 3 N–H and O–H groups in total. The Balaban J connectivity index is 1.58. The summed E-state index contributed by atoms with van der Waals surface area (Å²) in [6.07, 6.45) is 6.18. The Labute approximate surface area is 165 Å². The minimum Gasteiger partial charge on any atom is -0.465 e. The molecule has 1 saturated carbocycles. The van der Waals surface area contributed by atoms with E-state index >= 15 is 0 Å². The highest BCUT2D eigenvalue weighted by atomic mass is 79.9. The van der Waals surface area contributed by atoms with Gasteiger partial charge in [0.05, 0.1) is 23.5 Å². The zero-order chi connectivity index (χ0) is 18.8. The maximum absolute atomic E-state index is 10.7. The highest BCUT2D eigenvalue weighted by Gasteiger charge is 2.29. The monoisotopic (exact) mass is 426 g/mol. The molecule has 1 atom stereocenters. The quantitative estimate of drug-likeness (QED) is 0.501. The van der Waals surface area contributed by atoms with Gasteiger partial charge in [0.2, 0.25) is 0 Å². The molecule has 27 heavy (non-hydrogen) atoms. The van der Waals surface area contributed by atoms with Crippen LogP contribution in [-0.4, -0.2) is 26.2 Å². The molecule has 1 unspecified atom stereocenters. The lowest BCUT2D eigenvalue weighted by molar-refractivity contribution is 0.210. The lowest BCUT2D eigenvalue weighted by atomic mass is 9.97. The number of carboxylic acid groups (broad SMARTS) is 1. The van der Waals surface area contributed by atoms with Gasteiger partial charge in [0.1, 0.15) is 5.82 Å². The fourth-order valence-corrected chi connectivity index (χ4v) is 3.40. The number of aromatic amines is 1. The van der Waals surface area contributed by atoms with Crippen LogP contribution in [0, 0.1) is 5.92 Å². The molecule has 1 fully saturated rings. The van der Waals surface area contributed by atoms with Crippen LogP contribution in [0.25, 0.3) is 11.3 Å². The predicted octanol–water partition coefficient (Wildman–Crippen LogP) is 5.26. The number of halogens is 1. The first kappa shape index (κ1) is 17.7. The number of imidazole rings is 1. The molecule has 0 bridgehead atoms. The van der Waals surface area contributed by atoms with Crippen molar-refractivity contribution in [2.75, 3.05) is 5.32 Å². The van der Waals surface area contributed by atoms with E-state index in [0.717, 1.165) is 39.6 Å². The van der Waals surface area contributed by atoms with Gasteiger partial charge in [-0.05, 0) is 58.1 Å². The first-order valence-electron chi connectivity index (χ1n) is 8.85. The molecule has 2 heterocycles. The fraction of sp³-hybridized carbons (Fsp3) is 0.250. The van der Waals surface area contributed by atoms with E-state index in [2.05, 4.69) is 36.2 Å². The van der Waals surface area contributed by atoms with Gasteiger partial charge in [-0.1, -0.05) is 25.0 Å². The normalized spacial score (nSPS) is 14.7. The topological polar surface area (TPSA) is 90.9 Å². The Bertz CT molecular complexity index is 933. The molecule has 0 spiro atoms. The third-order valence-corrected chi connectivity index (χ3v) is 5.22. The number of anilines is 1. The second-order valence-electron chi connectivity index (χ2n) is 6.82. The molecule has 6 nitrogen and oxygen atoms in total. The molecule has 7 heteroatoms. The molecule has 1 aliphatic carbocycles. The second-order valence-corrected chi connectivity index (χ2v) is 7.74. The molecule has 1 aliphatic rings.